The molecule has 1 N–H and O–H groups in total. The molecule has 0 radical (unpaired) electrons. The number of hydrogen-bond donors (Lipinski definition) is 1. The summed E-state index contributed by atoms with van der Waals surface area (Å²) in [6, 6.07) is 8.46. The highest BCUT2D eigenvalue weighted by Crippen LogP contribution is 2.32. The number of nitrogens with one attached hydrogen (secondary N) is 1. The molecule has 2 unspecified atom stereocenters. The minimum Gasteiger partial charge on any atom is -0.491 e. The van der Waals surface area contributed by atoms with Crippen LogP contribution in [0.5, 0.6) is 5.75 Å². The number of benzene rings is 1. The van der Waals surface area contributed by atoms with Gasteiger partial charge in [-0.2, -0.15) is 0 Å². The van der Waals surface area contributed by atoms with E-state index in [2.05, 4.69) is 31.3 Å². The highest BCUT2D eigenvalue weighted by atomic mass is 16.5. The first-order valence-electron chi connectivity index (χ1n) is 7.51. The van der Waals surface area contributed by atoms with E-state index >= 15 is 0 Å². The molecule has 0 spiro atoms. The molecule has 0 bridgehead atoms. The molecule has 1 aromatic rings. The van der Waals surface area contributed by atoms with Crippen LogP contribution in [-0.4, -0.2) is 18.1 Å². The minimum absolute atomic E-state index is 0.170. The Bertz CT molecular complexity index is 451. The Morgan fingerprint density at radius 3 is 2.40 bits per heavy atom. The molecule has 2 atom stereocenters. The molecule has 1 fully saturated rings. The average Bonchev–Trinajstić information content (AvgIpc) is 2.69. The van der Waals surface area contributed by atoms with Crippen LogP contribution >= 0.6 is 0 Å². The number of carbonyl (C=O) groups is 1. The summed E-state index contributed by atoms with van der Waals surface area (Å²) in [6.45, 7) is 8.43. The molecule has 3 nitrogen and oxygen atoms in total. The SMILES string of the molecule is CC(C)CC1NC(=O)CC1c1ccc(OC(C)C)cc1. The van der Waals surface area contributed by atoms with Crippen LogP contribution in [0.25, 0.3) is 0 Å². The molecule has 3 heteroatoms. The topological polar surface area (TPSA) is 38.3 Å². The fourth-order valence-electron chi connectivity index (χ4n) is 2.86. The zero-order valence-electron chi connectivity index (χ0n) is 12.8. The summed E-state index contributed by atoms with van der Waals surface area (Å²) in [5.74, 6) is 1.94. The van der Waals surface area contributed by atoms with Crippen molar-refractivity contribution in [1.29, 1.82) is 0 Å². The van der Waals surface area contributed by atoms with Crippen LogP contribution in [0, 0.1) is 5.92 Å². The molecule has 0 aliphatic carbocycles. The second kappa shape index (κ2) is 6.29. The first kappa shape index (κ1) is 14.9. The lowest BCUT2D eigenvalue weighted by Gasteiger charge is -2.21. The van der Waals surface area contributed by atoms with Gasteiger partial charge in [0.2, 0.25) is 5.91 Å². The van der Waals surface area contributed by atoms with Crippen molar-refractivity contribution in [2.24, 2.45) is 5.92 Å². The minimum atomic E-state index is 0.170. The van der Waals surface area contributed by atoms with E-state index in [0.717, 1.165) is 12.2 Å². The number of rotatable bonds is 5. The number of carbonyl (C=O) groups excluding carboxylic acids is 1. The summed E-state index contributed by atoms with van der Waals surface area (Å²) in [5, 5.41) is 3.11. The Morgan fingerprint density at radius 1 is 1.20 bits per heavy atom. The average molecular weight is 275 g/mol. The number of amides is 1. The van der Waals surface area contributed by atoms with E-state index in [1.54, 1.807) is 0 Å². The third kappa shape index (κ3) is 3.75. The number of ether oxygens (including phenoxy) is 1. The number of hydrogen-bond acceptors (Lipinski definition) is 2. The van der Waals surface area contributed by atoms with E-state index in [4.69, 9.17) is 4.74 Å². The summed E-state index contributed by atoms with van der Waals surface area (Å²) in [6.07, 6.45) is 1.81. The maximum atomic E-state index is 11.7. The van der Waals surface area contributed by atoms with Gasteiger partial charge in [0.15, 0.2) is 0 Å². The van der Waals surface area contributed by atoms with Crippen molar-refractivity contribution in [2.45, 2.75) is 58.6 Å². The summed E-state index contributed by atoms with van der Waals surface area (Å²) in [4.78, 5) is 11.7. The summed E-state index contributed by atoms with van der Waals surface area (Å²) < 4.78 is 5.66. The zero-order chi connectivity index (χ0) is 14.7. The standard InChI is InChI=1S/C17H25NO2/c1-11(2)9-16-15(10-17(19)18-16)13-5-7-14(8-6-13)20-12(3)4/h5-8,11-12,15-16H,9-10H2,1-4H3,(H,18,19). The van der Waals surface area contributed by atoms with Gasteiger partial charge in [-0.25, -0.2) is 0 Å². The molecule has 1 aromatic carbocycles. The fraction of sp³-hybridized carbons (Fsp3) is 0.588. The Labute approximate surface area is 121 Å². The van der Waals surface area contributed by atoms with Crippen molar-refractivity contribution in [1.82, 2.24) is 5.32 Å². The molecule has 1 aliphatic heterocycles. The molecule has 1 aliphatic rings. The van der Waals surface area contributed by atoms with Crippen molar-refractivity contribution in [3.8, 4) is 5.75 Å². The second-order valence-corrected chi connectivity index (χ2v) is 6.35. The first-order chi connectivity index (χ1) is 9.45. The lowest BCUT2D eigenvalue weighted by atomic mass is 9.87. The molecule has 110 valence electrons. The van der Waals surface area contributed by atoms with Gasteiger partial charge < -0.3 is 10.1 Å². The Hall–Kier alpha value is -1.51. The third-order valence-electron chi connectivity index (χ3n) is 3.64. The summed E-state index contributed by atoms with van der Waals surface area (Å²) in [5.41, 5.74) is 1.23. The molecule has 0 saturated carbocycles. The maximum Gasteiger partial charge on any atom is 0.220 e. The van der Waals surface area contributed by atoms with Crippen LogP contribution in [0.2, 0.25) is 0 Å². The van der Waals surface area contributed by atoms with Crippen LogP contribution in [0.15, 0.2) is 24.3 Å². The van der Waals surface area contributed by atoms with Crippen molar-refractivity contribution in [3.63, 3.8) is 0 Å². The molecule has 1 amide bonds. The van der Waals surface area contributed by atoms with Crippen LogP contribution in [-0.2, 0) is 4.79 Å². The fourth-order valence-corrected chi connectivity index (χ4v) is 2.86. The highest BCUT2D eigenvalue weighted by Gasteiger charge is 2.33. The molecule has 1 saturated heterocycles. The molecule has 0 aromatic heterocycles. The van der Waals surface area contributed by atoms with Gasteiger partial charge in [0.25, 0.3) is 0 Å². The lowest BCUT2D eigenvalue weighted by molar-refractivity contribution is -0.119. The van der Waals surface area contributed by atoms with E-state index in [1.807, 2.05) is 26.0 Å². The molecular formula is C17H25NO2. The van der Waals surface area contributed by atoms with Gasteiger partial charge in [-0.1, -0.05) is 26.0 Å². The summed E-state index contributed by atoms with van der Waals surface area (Å²) in [7, 11) is 0. The van der Waals surface area contributed by atoms with Crippen LogP contribution in [0.3, 0.4) is 0 Å². The zero-order valence-corrected chi connectivity index (χ0v) is 12.8. The maximum absolute atomic E-state index is 11.7. The van der Waals surface area contributed by atoms with Gasteiger partial charge in [-0.15, -0.1) is 0 Å². The second-order valence-electron chi connectivity index (χ2n) is 6.35. The van der Waals surface area contributed by atoms with Crippen molar-refractivity contribution >= 4 is 5.91 Å². The van der Waals surface area contributed by atoms with Crippen molar-refractivity contribution in [3.05, 3.63) is 29.8 Å². The van der Waals surface area contributed by atoms with Gasteiger partial charge in [-0.05, 0) is 43.9 Å². The van der Waals surface area contributed by atoms with Crippen LogP contribution in [0.1, 0.15) is 52.0 Å². The van der Waals surface area contributed by atoms with E-state index < -0.39 is 0 Å². The smallest absolute Gasteiger partial charge is 0.220 e. The predicted octanol–water partition coefficient (Wildman–Crippen LogP) is 3.49. The van der Waals surface area contributed by atoms with Crippen molar-refractivity contribution in [2.75, 3.05) is 0 Å². The van der Waals surface area contributed by atoms with Gasteiger partial charge in [-0.3, -0.25) is 4.79 Å². The molecular weight excluding hydrogens is 250 g/mol. The quantitative estimate of drug-likeness (QED) is 0.893. The summed E-state index contributed by atoms with van der Waals surface area (Å²) >= 11 is 0. The highest BCUT2D eigenvalue weighted by molar-refractivity contribution is 5.80. The van der Waals surface area contributed by atoms with Gasteiger partial charge in [0.05, 0.1) is 6.10 Å². The van der Waals surface area contributed by atoms with Gasteiger partial charge in [0, 0.05) is 18.4 Å². The van der Waals surface area contributed by atoms with E-state index in [9.17, 15) is 4.79 Å². The first-order valence-corrected chi connectivity index (χ1v) is 7.51. The predicted molar refractivity (Wildman–Crippen MR) is 80.9 cm³/mol. The van der Waals surface area contributed by atoms with E-state index in [0.29, 0.717) is 12.3 Å². The third-order valence-corrected chi connectivity index (χ3v) is 3.64. The molecule has 2 rings (SSSR count). The van der Waals surface area contributed by atoms with E-state index in [1.165, 1.54) is 5.56 Å². The lowest BCUT2D eigenvalue weighted by Crippen LogP contribution is -2.29. The Kier molecular flexibility index (Phi) is 4.69. The van der Waals surface area contributed by atoms with Gasteiger partial charge >= 0.3 is 0 Å². The monoisotopic (exact) mass is 275 g/mol. The van der Waals surface area contributed by atoms with Crippen LogP contribution in [0.4, 0.5) is 0 Å². The van der Waals surface area contributed by atoms with Crippen molar-refractivity contribution < 1.29 is 9.53 Å². The Morgan fingerprint density at radius 2 is 1.85 bits per heavy atom. The largest absolute Gasteiger partial charge is 0.491 e. The molecule has 20 heavy (non-hydrogen) atoms. The Balaban J connectivity index is 2.10. The van der Waals surface area contributed by atoms with E-state index in [-0.39, 0.29) is 24.0 Å². The van der Waals surface area contributed by atoms with Gasteiger partial charge in [0.1, 0.15) is 5.75 Å². The normalized spacial score (nSPS) is 22.4. The molecule has 1 heterocycles. The van der Waals surface area contributed by atoms with Crippen LogP contribution < -0.4 is 10.1 Å².